The highest BCUT2D eigenvalue weighted by molar-refractivity contribution is 6.00. The number of nitrogens with one attached hydrogen (secondary N) is 1. The number of urea groups is 1. The Balaban J connectivity index is 1.58. The molecule has 3 rings (SSSR count). The van der Waals surface area contributed by atoms with Crippen LogP contribution in [-0.2, 0) is 9.53 Å². The number of nitrogens with zero attached hydrogens (tertiary/aromatic N) is 2. The molecule has 0 bridgehead atoms. The number of hydrogen-bond donors (Lipinski definition) is 1. The number of methoxy groups -OCH3 is 1. The van der Waals surface area contributed by atoms with Crippen molar-refractivity contribution in [3.63, 3.8) is 0 Å². The van der Waals surface area contributed by atoms with Gasteiger partial charge in [0.2, 0.25) is 5.91 Å². The Bertz CT molecular complexity index is 645. The van der Waals surface area contributed by atoms with Gasteiger partial charge in [0, 0.05) is 44.6 Å². The van der Waals surface area contributed by atoms with Gasteiger partial charge in [-0.1, -0.05) is 6.07 Å². The first-order valence-corrected chi connectivity index (χ1v) is 9.18. The van der Waals surface area contributed by atoms with Crippen molar-refractivity contribution in [1.82, 2.24) is 10.2 Å². The van der Waals surface area contributed by atoms with Crippen LogP contribution in [0.3, 0.4) is 0 Å². The normalized spacial score (nSPS) is 21.6. The van der Waals surface area contributed by atoms with E-state index in [0.29, 0.717) is 31.3 Å². The quantitative estimate of drug-likeness (QED) is 0.889. The fourth-order valence-electron chi connectivity index (χ4n) is 3.47. The maximum Gasteiger partial charge on any atom is 0.318 e. The average molecular weight is 361 g/mol. The maximum absolute atomic E-state index is 12.8. The number of rotatable bonds is 4. The number of anilines is 1. The summed E-state index contributed by atoms with van der Waals surface area (Å²) in [5.74, 6) is 1.09. The molecule has 7 nitrogen and oxygen atoms in total. The van der Waals surface area contributed by atoms with Crippen molar-refractivity contribution >= 4 is 17.6 Å². The molecule has 3 amide bonds. The van der Waals surface area contributed by atoms with Crippen LogP contribution in [0.5, 0.6) is 5.75 Å². The topological polar surface area (TPSA) is 71.1 Å². The first-order valence-electron chi connectivity index (χ1n) is 9.18. The first kappa shape index (κ1) is 18.5. The summed E-state index contributed by atoms with van der Waals surface area (Å²) < 4.78 is 10.6. The van der Waals surface area contributed by atoms with E-state index in [4.69, 9.17) is 9.47 Å². The van der Waals surface area contributed by atoms with E-state index in [0.717, 1.165) is 31.7 Å². The van der Waals surface area contributed by atoms with Crippen LogP contribution >= 0.6 is 0 Å². The highest BCUT2D eigenvalue weighted by Gasteiger charge is 2.35. The van der Waals surface area contributed by atoms with E-state index in [9.17, 15) is 9.59 Å². The predicted octanol–water partition coefficient (Wildman–Crippen LogP) is 1.87. The van der Waals surface area contributed by atoms with Gasteiger partial charge in [-0.2, -0.15) is 0 Å². The van der Waals surface area contributed by atoms with Gasteiger partial charge in [-0.05, 0) is 37.8 Å². The lowest BCUT2D eigenvalue weighted by Gasteiger charge is -2.39. The number of carbonyl (C=O) groups excluding carboxylic acids is 2. The van der Waals surface area contributed by atoms with Crippen LogP contribution in [0.25, 0.3) is 0 Å². The summed E-state index contributed by atoms with van der Waals surface area (Å²) in [6.45, 7) is 4.91. The van der Waals surface area contributed by atoms with Gasteiger partial charge < -0.3 is 24.6 Å². The Hall–Kier alpha value is -2.28. The fourth-order valence-corrected chi connectivity index (χ4v) is 3.47. The van der Waals surface area contributed by atoms with E-state index in [1.54, 1.807) is 23.8 Å². The average Bonchev–Trinajstić information content (AvgIpc) is 2.69. The fraction of sp³-hybridized carbons (Fsp3) is 0.579. The Morgan fingerprint density at radius 3 is 2.81 bits per heavy atom. The molecule has 26 heavy (non-hydrogen) atoms. The van der Waals surface area contributed by atoms with Crippen molar-refractivity contribution in [1.29, 1.82) is 0 Å². The van der Waals surface area contributed by atoms with E-state index < -0.39 is 6.04 Å². The van der Waals surface area contributed by atoms with Gasteiger partial charge >= 0.3 is 6.03 Å². The molecular formula is C19H27N3O4. The lowest BCUT2D eigenvalue weighted by Crippen LogP contribution is -2.60. The van der Waals surface area contributed by atoms with Gasteiger partial charge in [-0.15, -0.1) is 0 Å². The van der Waals surface area contributed by atoms with Gasteiger partial charge in [0.15, 0.2) is 0 Å². The highest BCUT2D eigenvalue weighted by Crippen LogP contribution is 2.24. The van der Waals surface area contributed by atoms with Gasteiger partial charge in [-0.3, -0.25) is 4.79 Å². The van der Waals surface area contributed by atoms with Crippen LogP contribution in [0.4, 0.5) is 10.5 Å². The smallest absolute Gasteiger partial charge is 0.318 e. The molecule has 0 aliphatic carbocycles. The monoisotopic (exact) mass is 361 g/mol. The zero-order valence-corrected chi connectivity index (χ0v) is 15.4. The molecule has 1 aromatic rings. The van der Waals surface area contributed by atoms with Gasteiger partial charge in [-0.25, -0.2) is 4.79 Å². The molecule has 1 N–H and O–H groups in total. The van der Waals surface area contributed by atoms with Crippen LogP contribution in [0.2, 0.25) is 0 Å². The number of piperazine rings is 1. The number of benzene rings is 1. The van der Waals surface area contributed by atoms with Crippen molar-refractivity contribution in [3.05, 3.63) is 24.3 Å². The lowest BCUT2D eigenvalue weighted by molar-refractivity contribution is -0.124. The maximum atomic E-state index is 12.8. The van der Waals surface area contributed by atoms with Crippen LogP contribution in [0.1, 0.15) is 19.8 Å². The summed E-state index contributed by atoms with van der Waals surface area (Å²) in [5, 5.41) is 2.99. The van der Waals surface area contributed by atoms with Crippen molar-refractivity contribution < 1.29 is 19.1 Å². The highest BCUT2D eigenvalue weighted by atomic mass is 16.5. The van der Waals surface area contributed by atoms with E-state index >= 15 is 0 Å². The Morgan fingerprint density at radius 2 is 2.08 bits per heavy atom. The van der Waals surface area contributed by atoms with E-state index in [1.165, 1.54) is 0 Å². The van der Waals surface area contributed by atoms with Crippen molar-refractivity contribution in [2.24, 2.45) is 5.92 Å². The second-order valence-electron chi connectivity index (χ2n) is 6.80. The second-order valence-corrected chi connectivity index (χ2v) is 6.80. The largest absolute Gasteiger partial charge is 0.497 e. The molecule has 0 aromatic heterocycles. The molecule has 2 aliphatic rings. The zero-order valence-electron chi connectivity index (χ0n) is 15.4. The molecule has 142 valence electrons. The summed E-state index contributed by atoms with van der Waals surface area (Å²) in [4.78, 5) is 28.7. The third-order valence-corrected chi connectivity index (χ3v) is 5.16. The minimum atomic E-state index is -0.496. The zero-order chi connectivity index (χ0) is 18.5. The van der Waals surface area contributed by atoms with Crippen LogP contribution in [0, 0.1) is 5.92 Å². The standard InChI is InChI=1S/C19H27N3O4/c1-14-18(23)22(16-4-3-5-17(12-16)25-2)9-8-21(14)19(24)20-13-15-6-10-26-11-7-15/h3-5,12,14-15H,6-11,13H2,1-2H3,(H,20,24)/t14-/m0/s1. The minimum Gasteiger partial charge on any atom is -0.497 e. The third kappa shape index (κ3) is 4.09. The van der Waals surface area contributed by atoms with Gasteiger partial charge in [0.05, 0.1) is 7.11 Å². The number of carbonyl (C=O) groups is 2. The molecule has 7 heteroatoms. The van der Waals surface area contributed by atoms with E-state index in [1.807, 2.05) is 24.3 Å². The van der Waals surface area contributed by atoms with E-state index in [-0.39, 0.29) is 11.9 Å². The third-order valence-electron chi connectivity index (χ3n) is 5.16. The second kappa shape index (κ2) is 8.40. The van der Waals surface area contributed by atoms with Crippen LogP contribution in [0.15, 0.2) is 24.3 Å². The number of hydrogen-bond acceptors (Lipinski definition) is 4. The SMILES string of the molecule is COc1cccc(N2CCN(C(=O)NCC3CCOCC3)[C@@H](C)C2=O)c1. The first-order chi connectivity index (χ1) is 12.6. The molecule has 2 saturated heterocycles. The molecule has 0 spiro atoms. The summed E-state index contributed by atoms with van der Waals surface area (Å²) in [7, 11) is 1.60. The molecule has 0 saturated carbocycles. The van der Waals surface area contributed by atoms with Crippen LogP contribution in [-0.4, -0.2) is 62.8 Å². The van der Waals surface area contributed by atoms with Crippen molar-refractivity contribution in [2.45, 2.75) is 25.8 Å². The lowest BCUT2D eigenvalue weighted by atomic mass is 10.0. The minimum absolute atomic E-state index is 0.0780. The molecule has 2 fully saturated rings. The summed E-state index contributed by atoms with van der Waals surface area (Å²) in [6, 6.07) is 6.77. The number of amides is 3. The van der Waals surface area contributed by atoms with E-state index in [2.05, 4.69) is 5.32 Å². The molecule has 1 aromatic carbocycles. The summed E-state index contributed by atoms with van der Waals surface area (Å²) >= 11 is 0. The van der Waals surface area contributed by atoms with Crippen LogP contribution < -0.4 is 15.0 Å². The molecule has 0 radical (unpaired) electrons. The molecule has 2 heterocycles. The predicted molar refractivity (Wildman–Crippen MR) is 98.5 cm³/mol. The summed E-state index contributed by atoms with van der Waals surface area (Å²) in [6.07, 6.45) is 1.94. The Labute approximate surface area is 154 Å². The Kier molecular flexibility index (Phi) is 5.98. The van der Waals surface area contributed by atoms with Gasteiger partial charge in [0.25, 0.3) is 0 Å². The molecular weight excluding hydrogens is 334 g/mol. The van der Waals surface area contributed by atoms with Gasteiger partial charge in [0.1, 0.15) is 11.8 Å². The Morgan fingerprint density at radius 1 is 1.31 bits per heavy atom. The van der Waals surface area contributed by atoms with Crippen molar-refractivity contribution in [2.75, 3.05) is 44.9 Å². The molecule has 0 unspecified atom stereocenters. The molecule has 2 aliphatic heterocycles. The summed E-state index contributed by atoms with van der Waals surface area (Å²) in [5.41, 5.74) is 0.795. The number of ether oxygens (including phenoxy) is 2. The van der Waals surface area contributed by atoms with Crippen molar-refractivity contribution in [3.8, 4) is 5.75 Å². The molecule has 1 atom stereocenters.